The molecule has 14 heavy (non-hydrogen) atoms. The normalized spacial score (nSPS) is 29.2. The Morgan fingerprint density at radius 1 is 1.50 bits per heavy atom. The van der Waals surface area contributed by atoms with Gasteiger partial charge in [0.15, 0.2) is 0 Å². The first kappa shape index (κ1) is 11.5. The zero-order valence-corrected chi connectivity index (χ0v) is 8.99. The van der Waals surface area contributed by atoms with Gasteiger partial charge in [-0.3, -0.25) is 4.79 Å². The Bertz CT molecular complexity index is 216. The largest absolute Gasteiger partial charge is 0.459 e. The minimum absolute atomic E-state index is 0.0832. The number of carbonyl (C=O) groups excluding carboxylic acids is 1. The molecule has 0 radical (unpaired) electrons. The van der Waals surface area contributed by atoms with Crippen LogP contribution >= 0.6 is 0 Å². The van der Waals surface area contributed by atoms with Gasteiger partial charge in [0.05, 0.1) is 6.10 Å². The van der Waals surface area contributed by atoms with Crippen molar-refractivity contribution in [2.24, 2.45) is 11.7 Å². The maximum atomic E-state index is 11.5. The first-order valence-corrected chi connectivity index (χ1v) is 4.96. The van der Waals surface area contributed by atoms with Crippen LogP contribution in [0.2, 0.25) is 0 Å². The van der Waals surface area contributed by atoms with E-state index in [0.717, 1.165) is 0 Å². The molecule has 1 rings (SSSR count). The lowest BCUT2D eigenvalue weighted by Gasteiger charge is -2.35. The van der Waals surface area contributed by atoms with E-state index in [1.54, 1.807) is 0 Å². The van der Waals surface area contributed by atoms with Crippen LogP contribution in [0.4, 0.5) is 0 Å². The summed E-state index contributed by atoms with van der Waals surface area (Å²) in [6, 6.07) is -0.586. The zero-order valence-electron chi connectivity index (χ0n) is 8.99. The molecule has 82 valence electrons. The maximum Gasteiger partial charge on any atom is 0.323 e. The second-order valence-electron chi connectivity index (χ2n) is 4.94. The van der Waals surface area contributed by atoms with Crippen LogP contribution in [-0.4, -0.2) is 28.8 Å². The highest BCUT2D eigenvalue weighted by Crippen LogP contribution is 2.30. The van der Waals surface area contributed by atoms with E-state index in [1.807, 2.05) is 20.8 Å². The van der Waals surface area contributed by atoms with Crippen molar-refractivity contribution in [1.29, 1.82) is 0 Å². The van der Waals surface area contributed by atoms with Gasteiger partial charge in [-0.15, -0.1) is 0 Å². The second kappa shape index (κ2) is 3.87. The van der Waals surface area contributed by atoms with Crippen LogP contribution in [0, 0.1) is 5.92 Å². The molecule has 0 bridgehead atoms. The molecule has 0 aliphatic heterocycles. The van der Waals surface area contributed by atoms with Crippen molar-refractivity contribution in [2.45, 2.75) is 51.4 Å². The highest BCUT2D eigenvalue weighted by Gasteiger charge is 2.37. The van der Waals surface area contributed by atoms with Gasteiger partial charge < -0.3 is 15.6 Å². The van der Waals surface area contributed by atoms with Gasteiger partial charge in [-0.25, -0.2) is 0 Å². The van der Waals surface area contributed by atoms with Gasteiger partial charge in [0.2, 0.25) is 0 Å². The van der Waals surface area contributed by atoms with Crippen LogP contribution in [0.1, 0.15) is 33.6 Å². The minimum Gasteiger partial charge on any atom is -0.459 e. The van der Waals surface area contributed by atoms with Gasteiger partial charge in [0.25, 0.3) is 0 Å². The van der Waals surface area contributed by atoms with Crippen LogP contribution in [-0.2, 0) is 9.53 Å². The molecular weight excluding hydrogens is 182 g/mol. The van der Waals surface area contributed by atoms with Crippen molar-refractivity contribution in [1.82, 2.24) is 0 Å². The van der Waals surface area contributed by atoms with Crippen molar-refractivity contribution in [3.8, 4) is 0 Å². The van der Waals surface area contributed by atoms with Crippen molar-refractivity contribution in [2.75, 3.05) is 0 Å². The number of ether oxygens (including phenoxy) is 1. The van der Waals surface area contributed by atoms with Gasteiger partial charge in [-0.1, -0.05) is 0 Å². The first-order valence-electron chi connectivity index (χ1n) is 4.96. The van der Waals surface area contributed by atoms with Crippen LogP contribution in [0.15, 0.2) is 0 Å². The van der Waals surface area contributed by atoms with Crippen LogP contribution in [0.25, 0.3) is 0 Å². The summed E-state index contributed by atoms with van der Waals surface area (Å²) >= 11 is 0. The summed E-state index contributed by atoms with van der Waals surface area (Å²) in [6.07, 6.45) is 0.939. The molecule has 1 aliphatic carbocycles. The molecule has 0 saturated heterocycles. The molecule has 0 aromatic heterocycles. The number of aliphatic hydroxyl groups is 1. The third kappa shape index (κ3) is 2.96. The fourth-order valence-corrected chi connectivity index (χ4v) is 1.49. The topological polar surface area (TPSA) is 72.5 Å². The Hall–Kier alpha value is -0.610. The van der Waals surface area contributed by atoms with Crippen molar-refractivity contribution in [3.05, 3.63) is 0 Å². The standard InChI is InChI=1S/C10H19NO3/c1-10(2,3)14-9(13)8(11)6-4-7(12)5-6/h6-8,12H,4-5,11H2,1-3H3/t6?,7?,8-/m0/s1. The number of aliphatic hydroxyl groups excluding tert-OH is 1. The van der Waals surface area contributed by atoms with Crippen LogP contribution in [0.3, 0.4) is 0 Å². The zero-order chi connectivity index (χ0) is 10.9. The third-order valence-corrected chi connectivity index (χ3v) is 2.34. The van der Waals surface area contributed by atoms with Gasteiger partial charge in [-0.2, -0.15) is 0 Å². The monoisotopic (exact) mass is 201 g/mol. The van der Waals surface area contributed by atoms with Gasteiger partial charge in [0, 0.05) is 0 Å². The number of rotatable bonds is 2. The smallest absolute Gasteiger partial charge is 0.323 e. The average Bonchev–Trinajstić information content (AvgIpc) is 1.94. The summed E-state index contributed by atoms with van der Waals surface area (Å²) in [5.74, 6) is -0.283. The van der Waals surface area contributed by atoms with Crippen molar-refractivity contribution >= 4 is 5.97 Å². The molecule has 1 saturated carbocycles. The van der Waals surface area contributed by atoms with Gasteiger partial charge >= 0.3 is 5.97 Å². The van der Waals surface area contributed by atoms with Crippen molar-refractivity contribution < 1.29 is 14.6 Å². The van der Waals surface area contributed by atoms with E-state index in [9.17, 15) is 4.79 Å². The Kier molecular flexibility index (Phi) is 3.17. The van der Waals surface area contributed by atoms with Gasteiger partial charge in [-0.05, 0) is 39.5 Å². The number of hydrogen-bond acceptors (Lipinski definition) is 4. The average molecular weight is 201 g/mol. The fraction of sp³-hybridized carbons (Fsp3) is 0.900. The molecule has 1 fully saturated rings. The second-order valence-corrected chi connectivity index (χ2v) is 4.94. The number of hydrogen-bond donors (Lipinski definition) is 2. The number of esters is 1. The minimum atomic E-state index is -0.586. The molecular formula is C10H19NO3. The van der Waals surface area contributed by atoms with E-state index in [2.05, 4.69) is 0 Å². The number of nitrogens with two attached hydrogens (primary N) is 1. The predicted octanol–water partition coefficient (Wildman–Crippen LogP) is 0.426. The SMILES string of the molecule is CC(C)(C)OC(=O)[C@@H](N)C1CC(O)C1. The molecule has 0 unspecified atom stereocenters. The Labute approximate surface area is 84.4 Å². The summed E-state index contributed by atoms with van der Waals surface area (Å²) in [5.41, 5.74) is 5.22. The Morgan fingerprint density at radius 2 is 2.00 bits per heavy atom. The molecule has 4 heteroatoms. The van der Waals surface area contributed by atoms with E-state index in [1.165, 1.54) is 0 Å². The molecule has 0 spiro atoms. The molecule has 0 aromatic rings. The lowest BCUT2D eigenvalue weighted by molar-refractivity contribution is -0.159. The molecule has 4 nitrogen and oxygen atoms in total. The molecule has 0 heterocycles. The lowest BCUT2D eigenvalue weighted by Crippen LogP contribution is -2.48. The lowest BCUT2D eigenvalue weighted by atomic mass is 9.77. The maximum absolute atomic E-state index is 11.5. The quantitative estimate of drug-likeness (QED) is 0.635. The molecule has 0 aromatic carbocycles. The van der Waals surface area contributed by atoms with Crippen LogP contribution < -0.4 is 5.73 Å². The molecule has 1 aliphatic rings. The summed E-state index contributed by atoms with van der Waals surface area (Å²) in [6.45, 7) is 5.44. The Morgan fingerprint density at radius 3 is 2.36 bits per heavy atom. The molecule has 0 amide bonds. The van der Waals surface area contributed by atoms with E-state index < -0.39 is 11.6 Å². The highest BCUT2D eigenvalue weighted by atomic mass is 16.6. The van der Waals surface area contributed by atoms with E-state index in [0.29, 0.717) is 12.8 Å². The third-order valence-electron chi connectivity index (χ3n) is 2.34. The van der Waals surface area contributed by atoms with E-state index >= 15 is 0 Å². The summed E-state index contributed by atoms with van der Waals surface area (Å²) in [4.78, 5) is 11.5. The summed E-state index contributed by atoms with van der Waals surface area (Å²) < 4.78 is 5.15. The summed E-state index contributed by atoms with van der Waals surface area (Å²) in [7, 11) is 0. The molecule has 3 N–H and O–H groups in total. The Balaban J connectivity index is 2.38. The number of carbonyl (C=O) groups is 1. The van der Waals surface area contributed by atoms with Crippen molar-refractivity contribution in [3.63, 3.8) is 0 Å². The van der Waals surface area contributed by atoms with E-state index in [4.69, 9.17) is 15.6 Å². The summed E-state index contributed by atoms with van der Waals surface area (Å²) in [5, 5.41) is 9.07. The van der Waals surface area contributed by atoms with Crippen LogP contribution in [0.5, 0.6) is 0 Å². The highest BCUT2D eigenvalue weighted by molar-refractivity contribution is 5.76. The van der Waals surface area contributed by atoms with Gasteiger partial charge in [0.1, 0.15) is 11.6 Å². The fourth-order valence-electron chi connectivity index (χ4n) is 1.49. The molecule has 1 atom stereocenters. The predicted molar refractivity (Wildman–Crippen MR) is 52.6 cm³/mol. The van der Waals surface area contributed by atoms with E-state index in [-0.39, 0.29) is 18.0 Å². The first-order chi connectivity index (χ1) is 6.29.